The molecule has 0 spiro atoms. The highest BCUT2D eigenvalue weighted by Gasteiger charge is 2.32. The molecule has 1 aliphatic heterocycles. The molecular formula is C15H23NO3. The van der Waals surface area contributed by atoms with Gasteiger partial charge in [-0.1, -0.05) is 6.92 Å². The van der Waals surface area contributed by atoms with Gasteiger partial charge >= 0.3 is 0 Å². The Kier molecular flexibility index (Phi) is 4.53. The summed E-state index contributed by atoms with van der Waals surface area (Å²) in [5.74, 6) is 2.89. The fourth-order valence-electron chi connectivity index (χ4n) is 2.94. The Labute approximate surface area is 115 Å². The van der Waals surface area contributed by atoms with Gasteiger partial charge in [-0.2, -0.15) is 0 Å². The van der Waals surface area contributed by atoms with Gasteiger partial charge in [0.25, 0.3) is 0 Å². The monoisotopic (exact) mass is 265 g/mol. The molecular weight excluding hydrogens is 242 g/mol. The standard InChI is InChI=1S/C15H23NO3/c1-5-12-11(6-7-16-12)15-13(18-3)8-10(17-2)9-14(15)19-4/h8-9,11-12,16H,5-7H2,1-4H3. The van der Waals surface area contributed by atoms with E-state index in [1.165, 1.54) is 0 Å². The van der Waals surface area contributed by atoms with Crippen LogP contribution in [0.5, 0.6) is 17.2 Å². The summed E-state index contributed by atoms with van der Waals surface area (Å²) < 4.78 is 16.4. The van der Waals surface area contributed by atoms with Crippen molar-refractivity contribution in [2.45, 2.75) is 31.7 Å². The molecule has 1 aromatic carbocycles. The maximum Gasteiger partial charge on any atom is 0.129 e. The molecule has 19 heavy (non-hydrogen) atoms. The van der Waals surface area contributed by atoms with Crippen molar-refractivity contribution in [1.82, 2.24) is 5.32 Å². The number of hydrogen-bond acceptors (Lipinski definition) is 4. The third kappa shape index (κ3) is 2.63. The van der Waals surface area contributed by atoms with Crippen LogP contribution < -0.4 is 19.5 Å². The first-order valence-corrected chi connectivity index (χ1v) is 6.78. The molecule has 1 saturated heterocycles. The molecule has 2 unspecified atom stereocenters. The molecule has 1 fully saturated rings. The summed E-state index contributed by atoms with van der Waals surface area (Å²) in [5, 5.41) is 3.54. The summed E-state index contributed by atoms with van der Waals surface area (Å²) in [6.07, 6.45) is 2.21. The summed E-state index contributed by atoms with van der Waals surface area (Å²) in [4.78, 5) is 0. The molecule has 1 aromatic rings. The zero-order valence-electron chi connectivity index (χ0n) is 12.2. The second-order valence-corrected chi connectivity index (χ2v) is 4.81. The fraction of sp³-hybridized carbons (Fsp3) is 0.600. The molecule has 1 heterocycles. The lowest BCUT2D eigenvalue weighted by Crippen LogP contribution is -2.25. The van der Waals surface area contributed by atoms with E-state index in [2.05, 4.69) is 12.2 Å². The first-order chi connectivity index (χ1) is 9.24. The van der Waals surface area contributed by atoms with Crippen LogP contribution in [0.25, 0.3) is 0 Å². The highest BCUT2D eigenvalue weighted by molar-refractivity contribution is 5.53. The van der Waals surface area contributed by atoms with Gasteiger partial charge in [0, 0.05) is 29.7 Å². The number of benzene rings is 1. The van der Waals surface area contributed by atoms with E-state index in [1.807, 2.05) is 12.1 Å². The molecule has 106 valence electrons. The van der Waals surface area contributed by atoms with Crippen LogP contribution in [0.1, 0.15) is 31.2 Å². The zero-order valence-corrected chi connectivity index (χ0v) is 12.2. The molecule has 4 heteroatoms. The van der Waals surface area contributed by atoms with Crippen LogP contribution in [0.2, 0.25) is 0 Å². The fourth-order valence-corrected chi connectivity index (χ4v) is 2.94. The van der Waals surface area contributed by atoms with Gasteiger partial charge in [-0.05, 0) is 19.4 Å². The Hall–Kier alpha value is -1.42. The van der Waals surface area contributed by atoms with Crippen molar-refractivity contribution in [2.75, 3.05) is 27.9 Å². The predicted molar refractivity (Wildman–Crippen MR) is 75.5 cm³/mol. The molecule has 2 atom stereocenters. The Morgan fingerprint density at radius 2 is 1.74 bits per heavy atom. The van der Waals surface area contributed by atoms with E-state index in [0.717, 1.165) is 42.2 Å². The van der Waals surface area contributed by atoms with Gasteiger partial charge in [0.15, 0.2) is 0 Å². The average Bonchev–Trinajstić information content (AvgIpc) is 2.93. The lowest BCUT2D eigenvalue weighted by molar-refractivity contribution is 0.359. The smallest absolute Gasteiger partial charge is 0.129 e. The van der Waals surface area contributed by atoms with Crippen LogP contribution in [0, 0.1) is 0 Å². The van der Waals surface area contributed by atoms with Gasteiger partial charge in [-0.15, -0.1) is 0 Å². The first kappa shape index (κ1) is 14.0. The molecule has 0 saturated carbocycles. The minimum absolute atomic E-state index is 0.431. The highest BCUT2D eigenvalue weighted by atomic mass is 16.5. The first-order valence-electron chi connectivity index (χ1n) is 6.78. The van der Waals surface area contributed by atoms with E-state index in [9.17, 15) is 0 Å². The molecule has 4 nitrogen and oxygen atoms in total. The van der Waals surface area contributed by atoms with Crippen molar-refractivity contribution >= 4 is 0 Å². The van der Waals surface area contributed by atoms with Gasteiger partial charge in [0.05, 0.1) is 21.3 Å². The predicted octanol–water partition coefficient (Wildman–Crippen LogP) is 2.57. The van der Waals surface area contributed by atoms with E-state index >= 15 is 0 Å². The summed E-state index contributed by atoms with van der Waals surface area (Å²) in [6.45, 7) is 3.25. The highest BCUT2D eigenvalue weighted by Crippen LogP contribution is 2.43. The molecule has 0 aromatic heterocycles. The van der Waals surface area contributed by atoms with Crippen LogP contribution in [0.15, 0.2) is 12.1 Å². The van der Waals surface area contributed by atoms with Crippen LogP contribution in [0.4, 0.5) is 0 Å². The number of rotatable bonds is 5. The number of methoxy groups -OCH3 is 3. The minimum atomic E-state index is 0.431. The summed E-state index contributed by atoms with van der Waals surface area (Å²) in [6, 6.07) is 4.35. The zero-order chi connectivity index (χ0) is 13.8. The van der Waals surface area contributed by atoms with E-state index < -0.39 is 0 Å². The molecule has 2 rings (SSSR count). The number of ether oxygens (including phenoxy) is 3. The molecule has 1 aliphatic rings. The Bertz CT molecular complexity index is 408. The molecule has 0 amide bonds. The van der Waals surface area contributed by atoms with Crippen molar-refractivity contribution in [2.24, 2.45) is 0 Å². The Morgan fingerprint density at radius 1 is 1.11 bits per heavy atom. The maximum atomic E-state index is 5.55. The van der Waals surface area contributed by atoms with Crippen LogP contribution in [0.3, 0.4) is 0 Å². The summed E-state index contributed by atoms with van der Waals surface area (Å²) in [5.41, 5.74) is 1.16. The SMILES string of the molecule is CCC1NCCC1c1c(OC)cc(OC)cc1OC. The summed E-state index contributed by atoms with van der Waals surface area (Å²) >= 11 is 0. The van der Waals surface area contributed by atoms with E-state index in [0.29, 0.717) is 12.0 Å². The van der Waals surface area contributed by atoms with Gasteiger partial charge < -0.3 is 19.5 Å². The quantitative estimate of drug-likeness (QED) is 0.888. The Balaban J connectivity index is 2.47. The van der Waals surface area contributed by atoms with E-state index in [-0.39, 0.29) is 0 Å². The minimum Gasteiger partial charge on any atom is -0.496 e. The van der Waals surface area contributed by atoms with E-state index in [1.54, 1.807) is 21.3 Å². The second kappa shape index (κ2) is 6.15. The topological polar surface area (TPSA) is 39.7 Å². The third-order valence-electron chi connectivity index (χ3n) is 3.91. The third-order valence-corrected chi connectivity index (χ3v) is 3.91. The second-order valence-electron chi connectivity index (χ2n) is 4.81. The number of hydrogen-bond donors (Lipinski definition) is 1. The normalized spacial score (nSPS) is 22.3. The van der Waals surface area contributed by atoms with Gasteiger partial charge in [-0.3, -0.25) is 0 Å². The van der Waals surface area contributed by atoms with Crippen molar-refractivity contribution in [3.8, 4) is 17.2 Å². The van der Waals surface area contributed by atoms with Gasteiger partial charge in [-0.25, -0.2) is 0 Å². The van der Waals surface area contributed by atoms with Crippen LogP contribution in [-0.4, -0.2) is 33.9 Å². The maximum absolute atomic E-state index is 5.55. The summed E-state index contributed by atoms with van der Waals surface area (Å²) in [7, 11) is 5.04. The van der Waals surface area contributed by atoms with Crippen molar-refractivity contribution in [3.63, 3.8) is 0 Å². The lowest BCUT2D eigenvalue weighted by Gasteiger charge is -2.23. The lowest BCUT2D eigenvalue weighted by atomic mass is 9.89. The van der Waals surface area contributed by atoms with Crippen molar-refractivity contribution in [3.05, 3.63) is 17.7 Å². The molecule has 1 N–H and O–H groups in total. The largest absolute Gasteiger partial charge is 0.496 e. The van der Waals surface area contributed by atoms with Crippen molar-refractivity contribution < 1.29 is 14.2 Å². The molecule has 0 radical (unpaired) electrons. The van der Waals surface area contributed by atoms with Crippen molar-refractivity contribution in [1.29, 1.82) is 0 Å². The average molecular weight is 265 g/mol. The molecule has 0 aliphatic carbocycles. The van der Waals surface area contributed by atoms with Gasteiger partial charge in [0.2, 0.25) is 0 Å². The number of nitrogens with one attached hydrogen (secondary N) is 1. The molecule has 0 bridgehead atoms. The van der Waals surface area contributed by atoms with Crippen LogP contribution in [-0.2, 0) is 0 Å². The van der Waals surface area contributed by atoms with E-state index in [4.69, 9.17) is 14.2 Å². The van der Waals surface area contributed by atoms with Crippen LogP contribution >= 0.6 is 0 Å². The van der Waals surface area contributed by atoms with Gasteiger partial charge in [0.1, 0.15) is 17.2 Å². The Morgan fingerprint density at radius 3 is 2.21 bits per heavy atom.